The Morgan fingerprint density at radius 1 is 1.00 bits per heavy atom. The first-order valence-electron chi connectivity index (χ1n) is 11.3. The lowest BCUT2D eigenvalue weighted by molar-refractivity contribution is -0.131. The molecule has 0 unspecified atom stereocenters. The second-order valence-corrected chi connectivity index (χ2v) is 8.76. The van der Waals surface area contributed by atoms with E-state index >= 15 is 0 Å². The van der Waals surface area contributed by atoms with E-state index < -0.39 is 5.41 Å². The van der Waals surface area contributed by atoms with E-state index in [1.165, 1.54) is 0 Å². The molecule has 0 saturated carbocycles. The van der Waals surface area contributed by atoms with Crippen molar-refractivity contribution in [2.75, 3.05) is 27.3 Å². The molecule has 1 atom stereocenters. The Balaban J connectivity index is 1.53. The minimum Gasteiger partial charge on any atom is -0.493 e. The summed E-state index contributed by atoms with van der Waals surface area (Å²) in [6.07, 6.45) is 5.94. The van der Waals surface area contributed by atoms with E-state index in [0.29, 0.717) is 24.5 Å². The number of hydrogen-bond acceptors (Lipinski definition) is 5. The van der Waals surface area contributed by atoms with Crippen molar-refractivity contribution in [1.29, 1.82) is 0 Å². The van der Waals surface area contributed by atoms with Crippen molar-refractivity contribution in [2.45, 2.75) is 25.8 Å². The van der Waals surface area contributed by atoms with E-state index in [-0.39, 0.29) is 5.91 Å². The van der Waals surface area contributed by atoms with Crippen LogP contribution in [0, 0.1) is 5.41 Å². The van der Waals surface area contributed by atoms with Gasteiger partial charge >= 0.3 is 0 Å². The van der Waals surface area contributed by atoms with Crippen LogP contribution in [-0.4, -0.2) is 43.1 Å². The van der Waals surface area contributed by atoms with Crippen LogP contribution in [0.5, 0.6) is 11.5 Å². The van der Waals surface area contributed by atoms with Gasteiger partial charge < -0.3 is 15.2 Å². The number of primary amides is 1. The predicted molar refractivity (Wildman–Crippen MR) is 129 cm³/mol. The number of methoxy groups -OCH3 is 2. The third kappa shape index (κ3) is 5.17. The van der Waals surface area contributed by atoms with E-state index in [1.807, 2.05) is 36.4 Å². The number of aromatic nitrogens is 1. The maximum atomic E-state index is 12.8. The molecular formula is C27H31N3O3. The maximum Gasteiger partial charge on any atom is 0.225 e. The van der Waals surface area contributed by atoms with Gasteiger partial charge in [0.05, 0.1) is 19.6 Å². The van der Waals surface area contributed by atoms with Gasteiger partial charge in [-0.1, -0.05) is 30.3 Å². The largest absolute Gasteiger partial charge is 0.493 e. The highest BCUT2D eigenvalue weighted by atomic mass is 16.5. The zero-order valence-electron chi connectivity index (χ0n) is 19.3. The van der Waals surface area contributed by atoms with Gasteiger partial charge in [-0.25, -0.2) is 0 Å². The van der Waals surface area contributed by atoms with Crippen molar-refractivity contribution in [3.63, 3.8) is 0 Å². The van der Waals surface area contributed by atoms with Crippen LogP contribution in [0.1, 0.15) is 24.0 Å². The van der Waals surface area contributed by atoms with E-state index in [9.17, 15) is 4.79 Å². The third-order valence-corrected chi connectivity index (χ3v) is 6.52. The Morgan fingerprint density at radius 2 is 1.79 bits per heavy atom. The summed E-state index contributed by atoms with van der Waals surface area (Å²) in [7, 11) is 3.27. The normalized spacial score (nSPS) is 18.6. The second-order valence-electron chi connectivity index (χ2n) is 8.76. The van der Waals surface area contributed by atoms with Gasteiger partial charge in [0.15, 0.2) is 11.5 Å². The minimum absolute atomic E-state index is 0.228. The van der Waals surface area contributed by atoms with Gasteiger partial charge in [-0.3, -0.25) is 14.7 Å². The molecule has 1 aliphatic heterocycles. The fourth-order valence-electron chi connectivity index (χ4n) is 4.83. The summed E-state index contributed by atoms with van der Waals surface area (Å²) < 4.78 is 10.8. The van der Waals surface area contributed by atoms with E-state index in [2.05, 4.69) is 28.1 Å². The molecule has 2 N–H and O–H groups in total. The van der Waals surface area contributed by atoms with Crippen molar-refractivity contribution in [3.8, 4) is 22.6 Å². The summed E-state index contributed by atoms with van der Waals surface area (Å²) in [6, 6.07) is 18.3. The molecule has 2 aromatic carbocycles. The highest BCUT2D eigenvalue weighted by Crippen LogP contribution is 2.36. The number of hydrogen-bond donors (Lipinski definition) is 1. The van der Waals surface area contributed by atoms with Gasteiger partial charge in [0.1, 0.15) is 0 Å². The number of ether oxygens (including phenoxy) is 2. The van der Waals surface area contributed by atoms with Gasteiger partial charge in [-0.15, -0.1) is 0 Å². The molecule has 33 heavy (non-hydrogen) atoms. The molecule has 1 aliphatic rings. The monoisotopic (exact) mass is 445 g/mol. The van der Waals surface area contributed by atoms with Gasteiger partial charge in [0.25, 0.3) is 0 Å². The van der Waals surface area contributed by atoms with Gasteiger partial charge in [0, 0.05) is 25.5 Å². The number of nitrogens with zero attached hydrogens (tertiary/aromatic N) is 2. The van der Waals surface area contributed by atoms with Crippen LogP contribution in [0.15, 0.2) is 67.0 Å². The zero-order chi connectivity index (χ0) is 23.3. The van der Waals surface area contributed by atoms with Gasteiger partial charge in [-0.2, -0.15) is 0 Å². The van der Waals surface area contributed by atoms with Crippen LogP contribution in [0.4, 0.5) is 0 Å². The number of piperidine rings is 1. The molecular weight excluding hydrogens is 414 g/mol. The van der Waals surface area contributed by atoms with Crippen LogP contribution >= 0.6 is 0 Å². The van der Waals surface area contributed by atoms with E-state index in [4.69, 9.17) is 15.2 Å². The molecule has 0 aliphatic carbocycles. The molecule has 4 rings (SSSR count). The van der Waals surface area contributed by atoms with Crippen molar-refractivity contribution >= 4 is 5.91 Å². The smallest absolute Gasteiger partial charge is 0.225 e. The molecule has 1 amide bonds. The average molecular weight is 446 g/mol. The average Bonchev–Trinajstić information content (AvgIpc) is 2.85. The summed E-state index contributed by atoms with van der Waals surface area (Å²) in [5, 5.41) is 0. The van der Waals surface area contributed by atoms with E-state index in [0.717, 1.165) is 48.2 Å². The highest BCUT2D eigenvalue weighted by Gasteiger charge is 2.40. The number of amides is 1. The number of carbonyl (C=O) groups excluding carboxylic acids is 1. The summed E-state index contributed by atoms with van der Waals surface area (Å²) in [6.45, 7) is 2.29. The van der Waals surface area contributed by atoms with Crippen molar-refractivity contribution < 1.29 is 14.3 Å². The quantitative estimate of drug-likeness (QED) is 0.565. The summed E-state index contributed by atoms with van der Waals surface area (Å²) in [5.74, 6) is 1.19. The highest BCUT2D eigenvalue weighted by molar-refractivity contribution is 5.81. The lowest BCUT2D eigenvalue weighted by atomic mass is 9.74. The Morgan fingerprint density at radius 3 is 2.52 bits per heavy atom. The molecule has 1 saturated heterocycles. The van der Waals surface area contributed by atoms with Crippen molar-refractivity contribution in [3.05, 3.63) is 78.1 Å². The summed E-state index contributed by atoms with van der Waals surface area (Å²) >= 11 is 0. The lowest BCUT2D eigenvalue weighted by Gasteiger charge is -2.41. The Labute approximate surface area is 195 Å². The topological polar surface area (TPSA) is 77.7 Å². The first-order valence-corrected chi connectivity index (χ1v) is 11.3. The van der Waals surface area contributed by atoms with Crippen LogP contribution in [0.25, 0.3) is 11.1 Å². The van der Waals surface area contributed by atoms with Gasteiger partial charge in [-0.05, 0) is 72.3 Å². The van der Waals surface area contributed by atoms with Gasteiger partial charge in [0.2, 0.25) is 5.91 Å². The van der Waals surface area contributed by atoms with Crippen molar-refractivity contribution in [1.82, 2.24) is 9.88 Å². The number of benzene rings is 2. The number of likely N-dealkylation sites (tertiary alicyclic amines) is 1. The summed E-state index contributed by atoms with van der Waals surface area (Å²) in [5.41, 5.74) is 9.90. The van der Waals surface area contributed by atoms with Crippen LogP contribution in [0.3, 0.4) is 0 Å². The fraction of sp³-hybridized carbons (Fsp3) is 0.333. The molecule has 6 heteroatoms. The Bertz CT molecular complexity index is 1100. The first-order chi connectivity index (χ1) is 16.0. The first kappa shape index (κ1) is 22.8. The maximum absolute atomic E-state index is 12.8. The molecule has 0 spiro atoms. The molecule has 1 fully saturated rings. The minimum atomic E-state index is -0.592. The van der Waals surface area contributed by atoms with E-state index in [1.54, 1.807) is 26.6 Å². The SMILES string of the molecule is COc1ccc(CN2CCC[C@@](Cc3cccc(-c4ccncc4)c3)(C(N)=O)C2)cc1OC. The zero-order valence-corrected chi connectivity index (χ0v) is 19.3. The molecule has 1 aromatic heterocycles. The second kappa shape index (κ2) is 10.0. The Kier molecular flexibility index (Phi) is 6.94. The molecule has 0 bridgehead atoms. The number of rotatable bonds is 8. The lowest BCUT2D eigenvalue weighted by Crippen LogP contribution is -2.51. The molecule has 2 heterocycles. The summed E-state index contributed by atoms with van der Waals surface area (Å²) in [4.78, 5) is 19.2. The predicted octanol–water partition coefficient (Wildman–Crippen LogP) is 4.08. The molecule has 3 aromatic rings. The third-order valence-electron chi connectivity index (χ3n) is 6.52. The fourth-order valence-corrected chi connectivity index (χ4v) is 4.83. The number of nitrogens with two attached hydrogens (primary N) is 1. The number of carbonyl (C=O) groups is 1. The molecule has 172 valence electrons. The molecule has 6 nitrogen and oxygen atoms in total. The standard InChI is InChI=1S/C27H31N3O3/c1-32-24-8-7-21(16-25(24)33-2)18-30-14-4-11-27(19-30,26(28)31)17-20-5-3-6-23(15-20)22-9-12-29-13-10-22/h3,5-10,12-13,15-16H,4,11,14,17-19H2,1-2H3,(H2,28,31)/t27-/m0/s1. The van der Waals surface area contributed by atoms with Crippen LogP contribution < -0.4 is 15.2 Å². The number of pyridine rings is 1. The molecule has 0 radical (unpaired) electrons. The van der Waals surface area contributed by atoms with Crippen molar-refractivity contribution in [2.24, 2.45) is 11.1 Å². The van der Waals surface area contributed by atoms with Crippen LogP contribution in [0.2, 0.25) is 0 Å². The Hall–Kier alpha value is -3.38. The van der Waals surface area contributed by atoms with Crippen LogP contribution in [-0.2, 0) is 17.8 Å².